The lowest BCUT2D eigenvalue weighted by molar-refractivity contribution is -0.119. The number of thioether (sulfide) groups is 1. The van der Waals surface area contributed by atoms with E-state index in [0.717, 1.165) is 5.69 Å². The van der Waals surface area contributed by atoms with E-state index in [1.165, 1.54) is 23.9 Å². The summed E-state index contributed by atoms with van der Waals surface area (Å²) < 4.78 is 15.1. The van der Waals surface area contributed by atoms with E-state index >= 15 is 0 Å². The first-order valence-corrected chi connectivity index (χ1v) is 9.89. The Morgan fingerprint density at radius 3 is 2.45 bits per heavy atom. The third kappa shape index (κ3) is 5.00. The zero-order valence-electron chi connectivity index (χ0n) is 15.9. The van der Waals surface area contributed by atoms with Crippen LogP contribution in [-0.4, -0.2) is 38.5 Å². The molecule has 3 rings (SSSR count). The molecule has 2 N–H and O–H groups in total. The average Bonchev–Trinajstić information content (AvgIpc) is 3.12. The van der Waals surface area contributed by atoms with Gasteiger partial charge < -0.3 is 5.32 Å². The van der Waals surface area contributed by atoms with E-state index in [1.807, 2.05) is 30.3 Å². The van der Waals surface area contributed by atoms with Crippen LogP contribution in [0, 0.1) is 5.82 Å². The Morgan fingerprint density at radius 1 is 1.10 bits per heavy atom. The molecule has 0 saturated carbocycles. The van der Waals surface area contributed by atoms with Crippen LogP contribution in [0.1, 0.15) is 13.8 Å². The number of hydrogen-bond acceptors (Lipinski definition) is 5. The number of nitrogens with zero attached hydrogens (tertiary/aromatic N) is 3. The van der Waals surface area contributed by atoms with Crippen molar-refractivity contribution in [1.82, 2.24) is 25.4 Å². The molecule has 3 aromatic rings. The standard InChI is InChI=1S/C20H20FN5O2S/c1-3-22-19(28)23-18(27)13(2)29-20-25-24-17(14-9-11-15(21)12-10-14)26(20)16-7-5-4-6-8-16/h4-13H,3H2,1-2H3,(H2,22,23,27,28). The summed E-state index contributed by atoms with van der Waals surface area (Å²) >= 11 is 1.18. The van der Waals surface area contributed by atoms with Crippen molar-refractivity contribution in [3.05, 3.63) is 60.4 Å². The first-order chi connectivity index (χ1) is 14.0. The Hall–Kier alpha value is -3.20. The summed E-state index contributed by atoms with van der Waals surface area (Å²) in [5.41, 5.74) is 1.49. The number of carbonyl (C=O) groups is 2. The number of benzene rings is 2. The molecule has 3 amide bonds. The second kappa shape index (κ2) is 9.33. The van der Waals surface area contributed by atoms with Gasteiger partial charge in [0, 0.05) is 17.8 Å². The predicted octanol–water partition coefficient (Wildman–Crippen LogP) is 3.40. The van der Waals surface area contributed by atoms with Crippen molar-refractivity contribution in [2.75, 3.05) is 6.54 Å². The van der Waals surface area contributed by atoms with Crippen molar-refractivity contribution in [3.63, 3.8) is 0 Å². The lowest BCUT2D eigenvalue weighted by atomic mass is 10.2. The predicted molar refractivity (Wildman–Crippen MR) is 109 cm³/mol. The molecule has 0 bridgehead atoms. The number of imide groups is 1. The summed E-state index contributed by atoms with van der Waals surface area (Å²) in [6.45, 7) is 3.87. The molecule has 0 spiro atoms. The Morgan fingerprint density at radius 2 is 1.79 bits per heavy atom. The van der Waals surface area contributed by atoms with Gasteiger partial charge in [-0.25, -0.2) is 9.18 Å². The van der Waals surface area contributed by atoms with Crippen molar-refractivity contribution in [1.29, 1.82) is 0 Å². The molecule has 150 valence electrons. The molecular weight excluding hydrogens is 393 g/mol. The highest BCUT2D eigenvalue weighted by molar-refractivity contribution is 8.00. The number of nitrogens with one attached hydrogen (secondary N) is 2. The van der Waals surface area contributed by atoms with Gasteiger partial charge in [-0.3, -0.25) is 14.7 Å². The second-order valence-electron chi connectivity index (χ2n) is 6.09. The van der Waals surface area contributed by atoms with Crippen LogP contribution in [0.2, 0.25) is 0 Å². The first-order valence-electron chi connectivity index (χ1n) is 9.01. The molecular formula is C20H20FN5O2S. The fourth-order valence-electron chi connectivity index (χ4n) is 2.57. The number of carbonyl (C=O) groups excluding carboxylic acids is 2. The van der Waals surface area contributed by atoms with Gasteiger partial charge in [0.15, 0.2) is 11.0 Å². The van der Waals surface area contributed by atoms with Gasteiger partial charge in [-0.1, -0.05) is 30.0 Å². The van der Waals surface area contributed by atoms with Crippen LogP contribution in [0.25, 0.3) is 17.1 Å². The minimum Gasteiger partial charge on any atom is -0.338 e. The van der Waals surface area contributed by atoms with Crippen molar-refractivity contribution in [2.45, 2.75) is 24.3 Å². The summed E-state index contributed by atoms with van der Waals surface area (Å²) in [6, 6.07) is 14.8. The maximum atomic E-state index is 13.3. The van der Waals surface area contributed by atoms with Gasteiger partial charge in [0.05, 0.1) is 5.25 Å². The van der Waals surface area contributed by atoms with Gasteiger partial charge in [0.1, 0.15) is 5.82 Å². The minimum atomic E-state index is -0.592. The summed E-state index contributed by atoms with van der Waals surface area (Å²) in [5.74, 6) is -0.258. The van der Waals surface area contributed by atoms with E-state index in [1.54, 1.807) is 30.5 Å². The van der Waals surface area contributed by atoms with E-state index in [0.29, 0.717) is 23.1 Å². The molecule has 0 aliphatic heterocycles. The van der Waals surface area contributed by atoms with Crippen LogP contribution in [0.3, 0.4) is 0 Å². The fourth-order valence-corrected chi connectivity index (χ4v) is 3.44. The Kier molecular flexibility index (Phi) is 6.61. The van der Waals surface area contributed by atoms with E-state index in [4.69, 9.17) is 0 Å². The molecule has 7 nitrogen and oxygen atoms in total. The molecule has 29 heavy (non-hydrogen) atoms. The Labute approximate surface area is 171 Å². The van der Waals surface area contributed by atoms with Gasteiger partial charge in [0.2, 0.25) is 5.91 Å². The van der Waals surface area contributed by atoms with E-state index < -0.39 is 17.2 Å². The molecule has 1 heterocycles. The van der Waals surface area contributed by atoms with Gasteiger partial charge in [-0.05, 0) is 50.2 Å². The Bertz CT molecular complexity index is 992. The van der Waals surface area contributed by atoms with E-state index in [-0.39, 0.29) is 5.82 Å². The van der Waals surface area contributed by atoms with Crippen LogP contribution in [0.15, 0.2) is 59.8 Å². The number of hydrogen-bond donors (Lipinski definition) is 2. The van der Waals surface area contributed by atoms with E-state index in [9.17, 15) is 14.0 Å². The molecule has 9 heteroatoms. The van der Waals surface area contributed by atoms with E-state index in [2.05, 4.69) is 20.8 Å². The highest BCUT2D eigenvalue weighted by atomic mass is 32.2. The van der Waals surface area contributed by atoms with Crippen LogP contribution < -0.4 is 10.6 Å². The molecule has 1 atom stereocenters. The summed E-state index contributed by atoms with van der Waals surface area (Å²) in [5, 5.41) is 13.2. The average molecular weight is 413 g/mol. The monoisotopic (exact) mass is 413 g/mol. The molecule has 1 unspecified atom stereocenters. The minimum absolute atomic E-state index is 0.343. The van der Waals surface area contributed by atoms with Crippen molar-refractivity contribution in [3.8, 4) is 17.1 Å². The fraction of sp³-hybridized carbons (Fsp3) is 0.200. The second-order valence-corrected chi connectivity index (χ2v) is 7.40. The van der Waals surface area contributed by atoms with Gasteiger partial charge in [-0.15, -0.1) is 10.2 Å². The highest BCUT2D eigenvalue weighted by Gasteiger charge is 2.22. The van der Waals surface area contributed by atoms with Gasteiger partial charge in [-0.2, -0.15) is 0 Å². The lowest BCUT2D eigenvalue weighted by Gasteiger charge is -2.13. The van der Waals surface area contributed by atoms with Crippen LogP contribution >= 0.6 is 11.8 Å². The molecule has 2 aromatic carbocycles. The quantitative estimate of drug-likeness (QED) is 0.605. The largest absolute Gasteiger partial charge is 0.338 e. The topological polar surface area (TPSA) is 88.9 Å². The summed E-state index contributed by atoms with van der Waals surface area (Å²) in [7, 11) is 0. The number of rotatable bonds is 6. The SMILES string of the molecule is CCNC(=O)NC(=O)C(C)Sc1nnc(-c2ccc(F)cc2)n1-c1ccccc1. The van der Waals surface area contributed by atoms with Crippen LogP contribution in [0.5, 0.6) is 0 Å². The Balaban J connectivity index is 1.92. The number of amides is 3. The maximum absolute atomic E-state index is 13.3. The molecule has 0 radical (unpaired) electrons. The number of halogens is 1. The molecule has 0 fully saturated rings. The summed E-state index contributed by atoms with van der Waals surface area (Å²) in [6.07, 6.45) is 0. The molecule has 0 aliphatic rings. The molecule has 1 aromatic heterocycles. The third-order valence-electron chi connectivity index (χ3n) is 3.98. The van der Waals surface area contributed by atoms with Crippen molar-refractivity contribution in [2.24, 2.45) is 0 Å². The number of urea groups is 1. The maximum Gasteiger partial charge on any atom is 0.321 e. The number of aromatic nitrogens is 3. The van der Waals surface area contributed by atoms with Crippen molar-refractivity contribution >= 4 is 23.7 Å². The molecule has 0 saturated heterocycles. The lowest BCUT2D eigenvalue weighted by Crippen LogP contribution is -2.42. The van der Waals surface area contributed by atoms with Crippen LogP contribution in [0.4, 0.5) is 9.18 Å². The zero-order valence-corrected chi connectivity index (χ0v) is 16.7. The highest BCUT2D eigenvalue weighted by Crippen LogP contribution is 2.30. The van der Waals surface area contributed by atoms with Gasteiger partial charge >= 0.3 is 6.03 Å². The molecule has 0 aliphatic carbocycles. The first kappa shape index (κ1) is 20.5. The number of para-hydroxylation sites is 1. The normalized spacial score (nSPS) is 11.7. The van der Waals surface area contributed by atoms with Crippen LogP contribution in [-0.2, 0) is 4.79 Å². The smallest absolute Gasteiger partial charge is 0.321 e. The van der Waals surface area contributed by atoms with Crippen molar-refractivity contribution < 1.29 is 14.0 Å². The zero-order chi connectivity index (χ0) is 20.8. The third-order valence-corrected chi connectivity index (χ3v) is 5.02. The van der Waals surface area contributed by atoms with Gasteiger partial charge in [0.25, 0.3) is 0 Å². The summed E-state index contributed by atoms with van der Waals surface area (Å²) in [4.78, 5) is 23.9.